The smallest absolute Gasteiger partial charge is 0.276 e. The van der Waals surface area contributed by atoms with E-state index in [9.17, 15) is 21.6 Å². The molecule has 0 unspecified atom stereocenters. The highest BCUT2D eigenvalue weighted by molar-refractivity contribution is 7.92. The van der Waals surface area contributed by atoms with Gasteiger partial charge in [0.25, 0.3) is 10.0 Å². The van der Waals surface area contributed by atoms with Gasteiger partial charge in [-0.1, -0.05) is 19.1 Å². The van der Waals surface area contributed by atoms with Crippen molar-refractivity contribution in [3.8, 4) is 5.82 Å². The Kier molecular flexibility index (Phi) is 4.92. The van der Waals surface area contributed by atoms with Crippen molar-refractivity contribution in [2.45, 2.75) is 24.5 Å². The first-order valence-electron chi connectivity index (χ1n) is 9.02. The summed E-state index contributed by atoms with van der Waals surface area (Å²) in [6.45, 7) is 1.89. The molecule has 9 nitrogen and oxygen atoms in total. The van der Waals surface area contributed by atoms with Crippen LogP contribution >= 0.6 is 0 Å². The molecular formula is C18H16F3N7O2S. The Labute approximate surface area is 174 Å². The number of sulfonamides is 1. The van der Waals surface area contributed by atoms with Gasteiger partial charge in [0.2, 0.25) is 0 Å². The number of benzene rings is 1. The largest absolute Gasteiger partial charge is 0.419 e. The van der Waals surface area contributed by atoms with Gasteiger partial charge < -0.3 is 0 Å². The third-order valence-corrected chi connectivity index (χ3v) is 5.89. The SMILES string of the molecule is CCc1ccc2cnn(C)c2c1NS(=O)(=O)c1ccc(-n2cc(C(F)(F)F)cn2)nn1. The molecule has 0 aliphatic heterocycles. The summed E-state index contributed by atoms with van der Waals surface area (Å²) in [6, 6.07) is 6.04. The molecule has 0 spiro atoms. The summed E-state index contributed by atoms with van der Waals surface area (Å²) in [7, 11) is -2.42. The number of rotatable bonds is 5. The zero-order valence-corrected chi connectivity index (χ0v) is 17.1. The van der Waals surface area contributed by atoms with Gasteiger partial charge in [0.1, 0.15) is 0 Å². The van der Waals surface area contributed by atoms with Gasteiger partial charge in [-0.05, 0) is 24.1 Å². The Morgan fingerprint density at radius 2 is 1.84 bits per heavy atom. The summed E-state index contributed by atoms with van der Waals surface area (Å²) in [4.78, 5) is 0. The van der Waals surface area contributed by atoms with Gasteiger partial charge in [0.05, 0.1) is 29.2 Å². The lowest BCUT2D eigenvalue weighted by Gasteiger charge is -2.13. The summed E-state index contributed by atoms with van der Waals surface area (Å²) in [5.41, 5.74) is 0.806. The fourth-order valence-electron chi connectivity index (χ4n) is 3.08. The third-order valence-electron chi connectivity index (χ3n) is 4.65. The van der Waals surface area contributed by atoms with Crippen LogP contribution in [-0.4, -0.2) is 38.2 Å². The van der Waals surface area contributed by atoms with Crippen LogP contribution in [0.2, 0.25) is 0 Å². The Morgan fingerprint density at radius 3 is 2.45 bits per heavy atom. The molecule has 162 valence electrons. The standard InChI is InChI=1S/C18H16F3N7O2S/c1-3-11-4-5-12-8-22-27(2)17(12)16(11)26-31(29,30)15-7-6-14(24-25-15)28-10-13(9-23-28)18(19,20)21/h4-10,26H,3H2,1-2H3. The molecule has 0 saturated carbocycles. The number of nitrogens with one attached hydrogen (secondary N) is 1. The molecule has 0 aliphatic rings. The van der Waals surface area contributed by atoms with Gasteiger partial charge in [-0.25, -0.2) is 4.68 Å². The average molecular weight is 451 g/mol. The van der Waals surface area contributed by atoms with Gasteiger partial charge >= 0.3 is 6.18 Å². The summed E-state index contributed by atoms with van der Waals surface area (Å²) >= 11 is 0. The highest BCUT2D eigenvalue weighted by Crippen LogP contribution is 2.30. The number of anilines is 1. The number of aromatic nitrogens is 6. The lowest BCUT2D eigenvalue weighted by molar-refractivity contribution is -0.137. The minimum atomic E-state index is -4.55. The molecule has 0 aliphatic carbocycles. The van der Waals surface area contributed by atoms with E-state index in [0.29, 0.717) is 23.8 Å². The average Bonchev–Trinajstić information content (AvgIpc) is 3.36. The van der Waals surface area contributed by atoms with Crippen LogP contribution in [0.1, 0.15) is 18.1 Å². The van der Waals surface area contributed by atoms with Crippen LogP contribution in [-0.2, 0) is 29.7 Å². The van der Waals surface area contributed by atoms with Crippen LogP contribution in [0.15, 0.2) is 47.9 Å². The normalized spacial score (nSPS) is 12.4. The molecular weight excluding hydrogens is 435 g/mol. The van der Waals surface area contributed by atoms with E-state index >= 15 is 0 Å². The minimum absolute atomic E-state index is 0.0579. The lowest BCUT2D eigenvalue weighted by atomic mass is 10.1. The maximum Gasteiger partial charge on any atom is 0.419 e. The zero-order chi connectivity index (χ0) is 22.4. The summed E-state index contributed by atoms with van der Waals surface area (Å²) in [6.07, 6.45) is -0.963. The third kappa shape index (κ3) is 3.83. The molecule has 0 amide bonds. The molecule has 4 rings (SSSR count). The first kappa shape index (κ1) is 20.8. The van der Waals surface area contributed by atoms with E-state index in [2.05, 4.69) is 25.1 Å². The van der Waals surface area contributed by atoms with E-state index in [-0.39, 0.29) is 10.8 Å². The molecule has 31 heavy (non-hydrogen) atoms. The van der Waals surface area contributed by atoms with E-state index in [1.807, 2.05) is 19.1 Å². The van der Waals surface area contributed by atoms with Crippen LogP contribution in [0.4, 0.5) is 18.9 Å². The van der Waals surface area contributed by atoms with Crippen molar-refractivity contribution in [3.63, 3.8) is 0 Å². The van der Waals surface area contributed by atoms with Crippen molar-refractivity contribution in [1.29, 1.82) is 0 Å². The van der Waals surface area contributed by atoms with Crippen molar-refractivity contribution in [1.82, 2.24) is 29.8 Å². The number of fused-ring (bicyclic) bond motifs is 1. The molecule has 1 N–H and O–H groups in total. The predicted molar refractivity (Wildman–Crippen MR) is 105 cm³/mol. The molecule has 3 heterocycles. The molecule has 0 radical (unpaired) electrons. The summed E-state index contributed by atoms with van der Waals surface area (Å²) in [5.74, 6) is -0.0579. The minimum Gasteiger partial charge on any atom is -0.276 e. The lowest BCUT2D eigenvalue weighted by Crippen LogP contribution is -2.17. The Balaban J connectivity index is 1.67. The Morgan fingerprint density at radius 1 is 1.06 bits per heavy atom. The zero-order valence-electron chi connectivity index (χ0n) is 16.3. The second kappa shape index (κ2) is 7.34. The number of alkyl halides is 3. The fourth-order valence-corrected chi connectivity index (χ4v) is 4.07. The number of hydrogen-bond acceptors (Lipinski definition) is 6. The van der Waals surface area contributed by atoms with E-state index in [1.165, 1.54) is 6.07 Å². The van der Waals surface area contributed by atoms with Crippen LogP contribution in [0.25, 0.3) is 16.7 Å². The van der Waals surface area contributed by atoms with Crippen LogP contribution in [0.3, 0.4) is 0 Å². The van der Waals surface area contributed by atoms with Crippen molar-refractivity contribution < 1.29 is 21.6 Å². The highest BCUT2D eigenvalue weighted by Gasteiger charge is 2.32. The fraction of sp³-hybridized carbons (Fsp3) is 0.222. The maximum atomic E-state index is 12.9. The van der Waals surface area contributed by atoms with Crippen molar-refractivity contribution in [3.05, 3.63) is 54.0 Å². The quantitative estimate of drug-likeness (QED) is 0.500. The molecule has 0 atom stereocenters. The number of halogens is 3. The number of nitrogens with zero attached hydrogens (tertiary/aromatic N) is 6. The highest BCUT2D eigenvalue weighted by atomic mass is 32.2. The van der Waals surface area contributed by atoms with E-state index < -0.39 is 21.8 Å². The predicted octanol–water partition coefficient (Wildman–Crippen LogP) is 2.93. The maximum absolute atomic E-state index is 12.9. The summed E-state index contributed by atoms with van der Waals surface area (Å²) in [5, 5.41) is 15.5. The molecule has 0 bridgehead atoms. The second-order valence-electron chi connectivity index (χ2n) is 6.67. The molecule has 0 fully saturated rings. The van der Waals surface area contributed by atoms with Gasteiger partial charge in [0.15, 0.2) is 10.8 Å². The van der Waals surface area contributed by atoms with Crippen molar-refractivity contribution in [2.75, 3.05) is 4.72 Å². The van der Waals surface area contributed by atoms with Crippen LogP contribution < -0.4 is 4.72 Å². The van der Waals surface area contributed by atoms with Gasteiger partial charge in [-0.15, -0.1) is 10.2 Å². The molecule has 0 saturated heterocycles. The van der Waals surface area contributed by atoms with Crippen molar-refractivity contribution in [2.24, 2.45) is 7.05 Å². The second-order valence-corrected chi connectivity index (χ2v) is 8.30. The molecule has 4 aromatic rings. The number of aryl methyl sites for hydroxylation is 2. The van der Waals surface area contributed by atoms with Gasteiger partial charge in [-0.3, -0.25) is 9.40 Å². The Bertz CT molecular complexity index is 1360. The van der Waals surface area contributed by atoms with Crippen LogP contribution in [0.5, 0.6) is 0 Å². The number of hydrogen-bond donors (Lipinski definition) is 1. The first-order chi connectivity index (χ1) is 14.6. The van der Waals surface area contributed by atoms with E-state index in [1.54, 1.807) is 17.9 Å². The van der Waals surface area contributed by atoms with Gasteiger partial charge in [-0.2, -0.15) is 31.8 Å². The van der Waals surface area contributed by atoms with E-state index in [0.717, 1.165) is 27.9 Å². The van der Waals surface area contributed by atoms with Crippen molar-refractivity contribution >= 4 is 26.6 Å². The topological polar surface area (TPSA) is 108 Å². The monoisotopic (exact) mass is 451 g/mol. The Hall–Kier alpha value is -3.48. The molecule has 13 heteroatoms. The first-order valence-corrected chi connectivity index (χ1v) is 10.5. The molecule has 3 aromatic heterocycles. The molecule has 1 aromatic carbocycles. The van der Waals surface area contributed by atoms with Crippen LogP contribution in [0, 0.1) is 0 Å². The van der Waals surface area contributed by atoms with Gasteiger partial charge in [0, 0.05) is 18.6 Å². The van der Waals surface area contributed by atoms with E-state index in [4.69, 9.17) is 0 Å². The summed E-state index contributed by atoms with van der Waals surface area (Å²) < 4.78 is 69.0.